The molecule has 0 aliphatic carbocycles. The van der Waals surface area contributed by atoms with Crippen molar-refractivity contribution in [3.8, 4) is 0 Å². The van der Waals surface area contributed by atoms with E-state index in [0.717, 1.165) is 0 Å². The van der Waals surface area contributed by atoms with E-state index in [1.54, 1.807) is 14.1 Å². The van der Waals surface area contributed by atoms with Gasteiger partial charge in [0.25, 0.3) is 0 Å². The fourth-order valence-electron chi connectivity index (χ4n) is 0.530. The minimum Gasteiger partial charge on any atom is -0.480 e. The lowest BCUT2D eigenvalue weighted by Gasteiger charge is -2.21. The Bertz CT molecular complexity index is 211. The molecule has 0 aromatic heterocycles. The third-order valence-corrected chi connectivity index (χ3v) is 1.72. The van der Waals surface area contributed by atoms with Crippen molar-refractivity contribution < 1.29 is 14.7 Å². The number of hydrogen-bond donors (Lipinski definition) is 2. The highest BCUT2D eigenvalue weighted by atomic mass is 16.4. The molecular weight excluding hydrogens is 172 g/mol. The standard InChI is InChI=1S/C8H16N2O3/c1-8(2,7(12)13)9-5-6(11)10(3)4/h9H,5H2,1-4H3,(H,12,13). The van der Waals surface area contributed by atoms with Crippen LogP contribution < -0.4 is 5.32 Å². The van der Waals surface area contributed by atoms with Crippen molar-refractivity contribution in [2.75, 3.05) is 20.6 Å². The van der Waals surface area contributed by atoms with Crippen LogP contribution in [0.2, 0.25) is 0 Å². The van der Waals surface area contributed by atoms with E-state index in [4.69, 9.17) is 5.11 Å². The Labute approximate surface area is 77.7 Å². The van der Waals surface area contributed by atoms with Crippen LogP contribution in [0.4, 0.5) is 0 Å². The SMILES string of the molecule is CN(C)C(=O)CNC(C)(C)C(=O)O. The zero-order valence-corrected chi connectivity index (χ0v) is 8.42. The number of carbonyl (C=O) groups excluding carboxylic acids is 1. The molecule has 0 aromatic carbocycles. The van der Waals surface area contributed by atoms with Crippen molar-refractivity contribution in [2.24, 2.45) is 0 Å². The molecule has 0 saturated carbocycles. The highest BCUT2D eigenvalue weighted by Gasteiger charge is 2.26. The summed E-state index contributed by atoms with van der Waals surface area (Å²) < 4.78 is 0. The summed E-state index contributed by atoms with van der Waals surface area (Å²) in [7, 11) is 3.25. The molecule has 0 heterocycles. The van der Waals surface area contributed by atoms with E-state index in [-0.39, 0.29) is 12.5 Å². The number of likely N-dealkylation sites (N-methyl/N-ethyl adjacent to an activating group) is 1. The second kappa shape index (κ2) is 4.23. The molecule has 0 aromatic rings. The number of rotatable bonds is 4. The Morgan fingerprint density at radius 1 is 1.38 bits per heavy atom. The number of carboxylic acid groups (broad SMARTS) is 1. The lowest BCUT2D eigenvalue weighted by atomic mass is 10.1. The highest BCUT2D eigenvalue weighted by Crippen LogP contribution is 2.00. The molecule has 0 fully saturated rings. The van der Waals surface area contributed by atoms with Gasteiger partial charge in [0.2, 0.25) is 5.91 Å². The monoisotopic (exact) mass is 188 g/mol. The van der Waals surface area contributed by atoms with Crippen LogP contribution in [0.1, 0.15) is 13.8 Å². The molecule has 0 spiro atoms. The van der Waals surface area contributed by atoms with Crippen molar-refractivity contribution in [2.45, 2.75) is 19.4 Å². The van der Waals surface area contributed by atoms with Crippen molar-refractivity contribution in [3.05, 3.63) is 0 Å². The molecule has 2 N–H and O–H groups in total. The molecule has 0 saturated heterocycles. The summed E-state index contributed by atoms with van der Waals surface area (Å²) in [5, 5.41) is 11.4. The number of carboxylic acids is 1. The number of carbonyl (C=O) groups is 2. The molecule has 0 atom stereocenters. The van der Waals surface area contributed by atoms with E-state index in [2.05, 4.69) is 5.32 Å². The predicted molar refractivity (Wildman–Crippen MR) is 48.4 cm³/mol. The second-order valence-corrected chi connectivity index (χ2v) is 3.57. The van der Waals surface area contributed by atoms with Crippen LogP contribution in [0, 0.1) is 0 Å². The number of hydrogen-bond acceptors (Lipinski definition) is 3. The average Bonchev–Trinajstić information content (AvgIpc) is 1.99. The minimum absolute atomic E-state index is 0.0340. The van der Waals surface area contributed by atoms with Crippen LogP contribution in [-0.2, 0) is 9.59 Å². The number of aliphatic carboxylic acids is 1. The highest BCUT2D eigenvalue weighted by molar-refractivity contribution is 5.81. The van der Waals surface area contributed by atoms with Crippen molar-refractivity contribution in [1.82, 2.24) is 10.2 Å². The number of nitrogens with one attached hydrogen (secondary N) is 1. The minimum atomic E-state index is -1.06. The van der Waals surface area contributed by atoms with E-state index >= 15 is 0 Å². The summed E-state index contributed by atoms with van der Waals surface area (Å²) in [6, 6.07) is 0. The van der Waals surface area contributed by atoms with Crippen LogP contribution in [-0.4, -0.2) is 48.1 Å². The van der Waals surface area contributed by atoms with Crippen LogP contribution in [0.3, 0.4) is 0 Å². The smallest absolute Gasteiger partial charge is 0.323 e. The molecule has 0 rings (SSSR count). The summed E-state index contributed by atoms with van der Waals surface area (Å²) in [4.78, 5) is 23.1. The van der Waals surface area contributed by atoms with Gasteiger partial charge in [0.15, 0.2) is 0 Å². The van der Waals surface area contributed by atoms with Crippen molar-refractivity contribution in [1.29, 1.82) is 0 Å². The van der Waals surface area contributed by atoms with Gasteiger partial charge in [-0.2, -0.15) is 0 Å². The first-order valence-corrected chi connectivity index (χ1v) is 3.96. The van der Waals surface area contributed by atoms with Gasteiger partial charge in [0.1, 0.15) is 5.54 Å². The summed E-state index contributed by atoms with van der Waals surface area (Å²) >= 11 is 0. The maximum absolute atomic E-state index is 11.1. The van der Waals surface area contributed by atoms with Gasteiger partial charge >= 0.3 is 5.97 Å². The van der Waals surface area contributed by atoms with Gasteiger partial charge in [-0.15, -0.1) is 0 Å². The van der Waals surface area contributed by atoms with Gasteiger partial charge in [-0.3, -0.25) is 14.9 Å². The van der Waals surface area contributed by atoms with Gasteiger partial charge in [0, 0.05) is 14.1 Å². The van der Waals surface area contributed by atoms with Crippen molar-refractivity contribution in [3.63, 3.8) is 0 Å². The largest absolute Gasteiger partial charge is 0.480 e. The van der Waals surface area contributed by atoms with Crippen LogP contribution >= 0.6 is 0 Å². The summed E-state index contributed by atoms with van der Waals surface area (Å²) in [5.41, 5.74) is -1.06. The maximum atomic E-state index is 11.1. The Hall–Kier alpha value is -1.10. The van der Waals surface area contributed by atoms with E-state index in [0.29, 0.717) is 0 Å². The fourth-order valence-corrected chi connectivity index (χ4v) is 0.530. The normalized spacial score (nSPS) is 11.1. The van der Waals surface area contributed by atoms with Crippen LogP contribution in [0.25, 0.3) is 0 Å². The number of amides is 1. The first-order valence-electron chi connectivity index (χ1n) is 3.96. The van der Waals surface area contributed by atoms with Crippen LogP contribution in [0.5, 0.6) is 0 Å². The van der Waals surface area contributed by atoms with Gasteiger partial charge in [0.05, 0.1) is 6.54 Å². The van der Waals surface area contributed by atoms with Gasteiger partial charge in [-0.05, 0) is 13.8 Å². The lowest BCUT2D eigenvalue weighted by Crippen LogP contribution is -2.50. The predicted octanol–water partition coefficient (Wildman–Crippen LogP) is -0.473. The average molecular weight is 188 g/mol. The molecule has 0 unspecified atom stereocenters. The second-order valence-electron chi connectivity index (χ2n) is 3.57. The third-order valence-electron chi connectivity index (χ3n) is 1.72. The van der Waals surface area contributed by atoms with Crippen LogP contribution in [0.15, 0.2) is 0 Å². The quantitative estimate of drug-likeness (QED) is 0.625. The Morgan fingerprint density at radius 2 is 1.85 bits per heavy atom. The third kappa shape index (κ3) is 3.89. The molecule has 0 radical (unpaired) electrons. The molecule has 0 aliphatic rings. The molecule has 76 valence electrons. The van der Waals surface area contributed by atoms with E-state index in [9.17, 15) is 9.59 Å². The molecular formula is C8H16N2O3. The maximum Gasteiger partial charge on any atom is 0.323 e. The van der Waals surface area contributed by atoms with E-state index in [1.807, 2.05) is 0 Å². The van der Waals surface area contributed by atoms with Gasteiger partial charge < -0.3 is 10.0 Å². The Morgan fingerprint density at radius 3 is 2.15 bits per heavy atom. The van der Waals surface area contributed by atoms with E-state index in [1.165, 1.54) is 18.7 Å². The first kappa shape index (κ1) is 11.9. The molecule has 13 heavy (non-hydrogen) atoms. The molecule has 5 nitrogen and oxygen atoms in total. The first-order chi connectivity index (χ1) is 5.77. The topological polar surface area (TPSA) is 69.6 Å². The summed E-state index contributed by atoms with van der Waals surface area (Å²) in [6.07, 6.45) is 0. The molecule has 0 bridgehead atoms. The molecule has 0 aliphatic heterocycles. The van der Waals surface area contributed by atoms with Crippen molar-refractivity contribution >= 4 is 11.9 Å². The zero-order chi connectivity index (χ0) is 10.6. The van der Waals surface area contributed by atoms with Gasteiger partial charge in [-0.25, -0.2) is 0 Å². The number of nitrogens with zero attached hydrogens (tertiary/aromatic N) is 1. The molecule has 5 heteroatoms. The van der Waals surface area contributed by atoms with Gasteiger partial charge in [-0.1, -0.05) is 0 Å². The Balaban J connectivity index is 4.03. The fraction of sp³-hybridized carbons (Fsp3) is 0.750. The zero-order valence-electron chi connectivity index (χ0n) is 8.42. The Kier molecular flexibility index (Phi) is 3.87. The summed E-state index contributed by atoms with van der Waals surface area (Å²) in [5.74, 6) is -1.12. The summed E-state index contributed by atoms with van der Waals surface area (Å²) in [6.45, 7) is 3.06. The van der Waals surface area contributed by atoms with E-state index < -0.39 is 11.5 Å². The lowest BCUT2D eigenvalue weighted by molar-refractivity contribution is -0.143. The molecule has 1 amide bonds.